The SMILES string of the molecule is N#Cc1nccnc1NCc1ccc(OCc2cccnc2)cc1. The first-order valence-electron chi connectivity index (χ1n) is 7.41. The van der Waals surface area contributed by atoms with E-state index in [4.69, 9.17) is 10.00 Å². The molecular formula is C18H15N5O. The van der Waals surface area contributed by atoms with Crippen LogP contribution in [0.5, 0.6) is 5.75 Å². The topological polar surface area (TPSA) is 83.7 Å². The maximum absolute atomic E-state index is 8.99. The van der Waals surface area contributed by atoms with E-state index in [1.807, 2.05) is 42.5 Å². The second-order valence-electron chi connectivity index (χ2n) is 5.01. The van der Waals surface area contributed by atoms with Gasteiger partial charge in [0.05, 0.1) is 0 Å². The fraction of sp³-hybridized carbons (Fsp3) is 0.111. The minimum Gasteiger partial charge on any atom is -0.489 e. The summed E-state index contributed by atoms with van der Waals surface area (Å²) in [5, 5.41) is 12.1. The molecule has 0 aliphatic heterocycles. The van der Waals surface area contributed by atoms with E-state index in [2.05, 4.69) is 20.3 Å². The summed E-state index contributed by atoms with van der Waals surface area (Å²) < 4.78 is 5.72. The van der Waals surface area contributed by atoms with Crippen molar-refractivity contribution in [3.05, 3.63) is 78.0 Å². The molecule has 0 amide bonds. The van der Waals surface area contributed by atoms with E-state index in [-0.39, 0.29) is 5.69 Å². The van der Waals surface area contributed by atoms with Crippen molar-refractivity contribution in [3.63, 3.8) is 0 Å². The Bertz CT molecular complexity index is 828. The maximum atomic E-state index is 8.99. The van der Waals surface area contributed by atoms with E-state index in [1.165, 1.54) is 6.20 Å². The normalized spacial score (nSPS) is 9.96. The first kappa shape index (κ1) is 15.4. The summed E-state index contributed by atoms with van der Waals surface area (Å²) in [7, 11) is 0. The minimum absolute atomic E-state index is 0.286. The number of nitrogens with one attached hydrogen (secondary N) is 1. The minimum atomic E-state index is 0.286. The highest BCUT2D eigenvalue weighted by Crippen LogP contribution is 2.15. The average molecular weight is 317 g/mol. The molecule has 3 aromatic rings. The Morgan fingerprint density at radius 2 is 1.83 bits per heavy atom. The quantitative estimate of drug-likeness (QED) is 0.752. The van der Waals surface area contributed by atoms with Gasteiger partial charge < -0.3 is 10.1 Å². The zero-order valence-electron chi connectivity index (χ0n) is 12.9. The van der Waals surface area contributed by atoms with E-state index in [0.29, 0.717) is 19.0 Å². The van der Waals surface area contributed by atoms with Crippen LogP contribution in [0.15, 0.2) is 61.2 Å². The van der Waals surface area contributed by atoms with Gasteiger partial charge in [-0.1, -0.05) is 18.2 Å². The molecule has 6 nitrogen and oxygen atoms in total. The van der Waals surface area contributed by atoms with Gasteiger partial charge >= 0.3 is 0 Å². The Labute approximate surface area is 139 Å². The number of benzene rings is 1. The van der Waals surface area contributed by atoms with Gasteiger partial charge in [0.2, 0.25) is 0 Å². The van der Waals surface area contributed by atoms with Gasteiger partial charge in [0.1, 0.15) is 18.4 Å². The Balaban J connectivity index is 1.56. The van der Waals surface area contributed by atoms with E-state index in [9.17, 15) is 0 Å². The molecule has 0 bridgehead atoms. The fourth-order valence-electron chi connectivity index (χ4n) is 2.09. The standard InChI is InChI=1S/C18H15N5O/c19-10-17-18(22-9-8-21-17)23-12-14-3-5-16(6-4-14)24-13-15-2-1-7-20-11-15/h1-9,11H,12-13H2,(H,22,23). The predicted octanol–water partition coefficient (Wildman–Crippen LogP) is 2.93. The molecule has 0 unspecified atom stereocenters. The van der Waals surface area contributed by atoms with Crippen molar-refractivity contribution in [2.75, 3.05) is 5.32 Å². The van der Waals surface area contributed by atoms with Gasteiger partial charge in [-0.15, -0.1) is 0 Å². The van der Waals surface area contributed by atoms with E-state index >= 15 is 0 Å². The number of pyridine rings is 1. The Morgan fingerprint density at radius 1 is 1.00 bits per heavy atom. The molecule has 0 aliphatic carbocycles. The molecular weight excluding hydrogens is 302 g/mol. The van der Waals surface area contributed by atoms with Crippen LogP contribution in [-0.2, 0) is 13.2 Å². The molecule has 6 heteroatoms. The van der Waals surface area contributed by atoms with Crippen molar-refractivity contribution in [3.8, 4) is 11.8 Å². The van der Waals surface area contributed by atoms with E-state index in [0.717, 1.165) is 16.9 Å². The third-order valence-electron chi connectivity index (χ3n) is 3.32. The summed E-state index contributed by atoms with van der Waals surface area (Å²) in [4.78, 5) is 12.1. The largest absolute Gasteiger partial charge is 0.489 e. The lowest BCUT2D eigenvalue weighted by Crippen LogP contribution is -2.04. The third-order valence-corrected chi connectivity index (χ3v) is 3.32. The van der Waals surface area contributed by atoms with Crippen LogP contribution in [0.1, 0.15) is 16.8 Å². The zero-order valence-corrected chi connectivity index (χ0v) is 12.9. The number of nitrogens with zero attached hydrogens (tertiary/aromatic N) is 4. The van der Waals surface area contributed by atoms with Crippen LogP contribution < -0.4 is 10.1 Å². The van der Waals surface area contributed by atoms with Crippen LogP contribution >= 0.6 is 0 Å². The van der Waals surface area contributed by atoms with Crippen molar-refractivity contribution < 1.29 is 4.74 Å². The summed E-state index contributed by atoms with van der Waals surface area (Å²) in [6, 6.07) is 13.6. The Hall–Kier alpha value is -3.46. The lowest BCUT2D eigenvalue weighted by Gasteiger charge is -2.09. The first-order valence-corrected chi connectivity index (χ1v) is 7.41. The molecule has 0 atom stereocenters. The van der Waals surface area contributed by atoms with Gasteiger partial charge in [0, 0.05) is 36.9 Å². The Morgan fingerprint density at radius 3 is 2.58 bits per heavy atom. The number of aromatic nitrogens is 3. The lowest BCUT2D eigenvalue weighted by molar-refractivity contribution is 0.305. The Kier molecular flexibility index (Phi) is 4.95. The van der Waals surface area contributed by atoms with Crippen molar-refractivity contribution in [1.29, 1.82) is 5.26 Å². The number of hydrogen-bond donors (Lipinski definition) is 1. The van der Waals surface area contributed by atoms with Crippen LogP contribution in [0.2, 0.25) is 0 Å². The number of anilines is 1. The van der Waals surface area contributed by atoms with Gasteiger partial charge in [-0.2, -0.15) is 5.26 Å². The molecule has 1 aromatic carbocycles. The van der Waals surface area contributed by atoms with Crippen LogP contribution in [0, 0.1) is 11.3 Å². The van der Waals surface area contributed by atoms with Gasteiger partial charge in [-0.25, -0.2) is 9.97 Å². The van der Waals surface area contributed by atoms with Crippen molar-refractivity contribution in [1.82, 2.24) is 15.0 Å². The summed E-state index contributed by atoms with van der Waals surface area (Å²) in [6.45, 7) is 1.03. The summed E-state index contributed by atoms with van der Waals surface area (Å²) in [6.07, 6.45) is 6.57. The molecule has 0 aliphatic rings. The van der Waals surface area contributed by atoms with Crippen LogP contribution in [0.25, 0.3) is 0 Å². The highest BCUT2D eigenvalue weighted by atomic mass is 16.5. The van der Waals surface area contributed by atoms with Crippen molar-refractivity contribution in [2.24, 2.45) is 0 Å². The lowest BCUT2D eigenvalue weighted by atomic mass is 10.2. The molecule has 0 fully saturated rings. The van der Waals surface area contributed by atoms with Crippen molar-refractivity contribution in [2.45, 2.75) is 13.2 Å². The van der Waals surface area contributed by atoms with Crippen LogP contribution in [-0.4, -0.2) is 15.0 Å². The van der Waals surface area contributed by atoms with Gasteiger partial charge in [-0.05, 0) is 23.8 Å². The van der Waals surface area contributed by atoms with E-state index < -0.39 is 0 Å². The second-order valence-corrected chi connectivity index (χ2v) is 5.01. The van der Waals surface area contributed by atoms with Crippen LogP contribution in [0.4, 0.5) is 5.82 Å². The summed E-state index contributed by atoms with van der Waals surface area (Å²) in [5.41, 5.74) is 2.36. The average Bonchev–Trinajstić information content (AvgIpc) is 2.66. The van der Waals surface area contributed by atoms with E-state index in [1.54, 1.807) is 18.6 Å². The highest BCUT2D eigenvalue weighted by Gasteiger charge is 2.03. The van der Waals surface area contributed by atoms with Gasteiger partial charge in [0.15, 0.2) is 11.5 Å². The molecule has 2 heterocycles. The predicted molar refractivity (Wildman–Crippen MR) is 89.1 cm³/mol. The molecule has 0 radical (unpaired) electrons. The number of hydrogen-bond acceptors (Lipinski definition) is 6. The van der Waals surface area contributed by atoms with Gasteiger partial charge in [0.25, 0.3) is 0 Å². The number of rotatable bonds is 6. The second kappa shape index (κ2) is 7.70. The molecule has 0 spiro atoms. The van der Waals surface area contributed by atoms with Crippen molar-refractivity contribution >= 4 is 5.82 Å². The highest BCUT2D eigenvalue weighted by molar-refractivity contribution is 5.47. The monoisotopic (exact) mass is 317 g/mol. The summed E-state index contributed by atoms with van der Waals surface area (Å²) >= 11 is 0. The molecule has 0 saturated heterocycles. The molecule has 118 valence electrons. The zero-order chi connectivity index (χ0) is 16.6. The molecule has 0 saturated carbocycles. The molecule has 1 N–H and O–H groups in total. The third kappa shape index (κ3) is 4.05. The molecule has 24 heavy (non-hydrogen) atoms. The first-order chi connectivity index (χ1) is 11.8. The smallest absolute Gasteiger partial charge is 0.182 e. The van der Waals surface area contributed by atoms with Crippen LogP contribution in [0.3, 0.4) is 0 Å². The summed E-state index contributed by atoms with van der Waals surface area (Å²) in [5.74, 6) is 1.27. The maximum Gasteiger partial charge on any atom is 0.182 e. The number of ether oxygens (including phenoxy) is 1. The fourth-order valence-corrected chi connectivity index (χ4v) is 2.09. The molecule has 3 rings (SSSR count). The number of nitriles is 1. The van der Waals surface area contributed by atoms with Gasteiger partial charge in [-0.3, -0.25) is 4.98 Å². The molecule has 2 aromatic heterocycles.